The second-order valence-corrected chi connectivity index (χ2v) is 3.31. The molecule has 0 atom stereocenters. The van der Waals surface area contributed by atoms with Crippen molar-refractivity contribution < 1.29 is 9.53 Å². The monoisotopic (exact) mass is 192 g/mol. The molecular formula is C10H12N2O2. The molecule has 1 amide bonds. The van der Waals surface area contributed by atoms with Crippen LogP contribution in [-0.2, 0) is 16.1 Å². The molecule has 1 aliphatic heterocycles. The van der Waals surface area contributed by atoms with Crippen molar-refractivity contribution in [1.29, 1.82) is 0 Å². The Hall–Kier alpha value is -1.55. The van der Waals surface area contributed by atoms with Crippen LogP contribution in [0.25, 0.3) is 0 Å². The van der Waals surface area contributed by atoms with Gasteiger partial charge in [0.25, 0.3) is 5.91 Å². The number of hydrogen-bond donors (Lipinski definition) is 1. The first-order valence-electron chi connectivity index (χ1n) is 4.45. The first kappa shape index (κ1) is 9.02. The maximum atomic E-state index is 11.2. The largest absolute Gasteiger partial charge is 0.399 e. The number of rotatable bonds is 2. The molecule has 2 N–H and O–H groups in total. The van der Waals surface area contributed by atoms with E-state index in [1.807, 2.05) is 24.3 Å². The van der Waals surface area contributed by atoms with E-state index in [9.17, 15) is 4.79 Å². The minimum Gasteiger partial charge on any atom is -0.399 e. The molecule has 1 aliphatic rings. The van der Waals surface area contributed by atoms with E-state index in [0.717, 1.165) is 11.3 Å². The van der Waals surface area contributed by atoms with E-state index in [-0.39, 0.29) is 12.5 Å². The van der Waals surface area contributed by atoms with Gasteiger partial charge in [-0.25, -0.2) is 0 Å². The second-order valence-electron chi connectivity index (χ2n) is 3.31. The second kappa shape index (κ2) is 3.67. The molecule has 4 nitrogen and oxygen atoms in total. The summed E-state index contributed by atoms with van der Waals surface area (Å²) in [7, 11) is 0. The predicted molar refractivity (Wildman–Crippen MR) is 52.2 cm³/mol. The van der Waals surface area contributed by atoms with Crippen LogP contribution in [0, 0.1) is 0 Å². The fourth-order valence-corrected chi connectivity index (χ4v) is 1.38. The van der Waals surface area contributed by atoms with Crippen LogP contribution in [-0.4, -0.2) is 24.1 Å². The third-order valence-corrected chi connectivity index (χ3v) is 2.18. The highest BCUT2D eigenvalue weighted by atomic mass is 16.5. The van der Waals surface area contributed by atoms with Gasteiger partial charge < -0.3 is 15.4 Å². The number of nitrogens with zero attached hydrogens (tertiary/aromatic N) is 1. The van der Waals surface area contributed by atoms with Crippen molar-refractivity contribution in [1.82, 2.24) is 4.90 Å². The van der Waals surface area contributed by atoms with Crippen LogP contribution in [0.5, 0.6) is 0 Å². The van der Waals surface area contributed by atoms with E-state index >= 15 is 0 Å². The summed E-state index contributed by atoms with van der Waals surface area (Å²) < 4.78 is 5.02. The molecule has 1 aromatic rings. The highest BCUT2D eigenvalue weighted by Crippen LogP contribution is 2.11. The Morgan fingerprint density at radius 3 is 2.64 bits per heavy atom. The quantitative estimate of drug-likeness (QED) is 0.697. The van der Waals surface area contributed by atoms with Gasteiger partial charge in [-0.1, -0.05) is 12.1 Å². The fourth-order valence-electron chi connectivity index (χ4n) is 1.38. The van der Waals surface area contributed by atoms with Gasteiger partial charge in [-0.05, 0) is 17.7 Å². The van der Waals surface area contributed by atoms with Crippen molar-refractivity contribution in [2.45, 2.75) is 6.54 Å². The SMILES string of the molecule is Nc1ccc(CN2COCC2=O)cc1. The maximum absolute atomic E-state index is 11.2. The summed E-state index contributed by atoms with van der Waals surface area (Å²) in [5.74, 6) is 0.0434. The summed E-state index contributed by atoms with van der Waals surface area (Å²) >= 11 is 0. The number of nitrogens with two attached hydrogens (primary N) is 1. The Balaban J connectivity index is 2.03. The summed E-state index contributed by atoms with van der Waals surface area (Å²) in [4.78, 5) is 12.9. The molecule has 2 rings (SSSR count). The molecule has 74 valence electrons. The number of hydrogen-bond acceptors (Lipinski definition) is 3. The third kappa shape index (κ3) is 1.85. The van der Waals surface area contributed by atoms with E-state index < -0.39 is 0 Å². The first-order valence-corrected chi connectivity index (χ1v) is 4.45. The van der Waals surface area contributed by atoms with Gasteiger partial charge in [0.15, 0.2) is 0 Å². The Morgan fingerprint density at radius 2 is 2.07 bits per heavy atom. The highest BCUT2D eigenvalue weighted by Gasteiger charge is 2.20. The molecule has 4 heteroatoms. The molecule has 0 aromatic heterocycles. The number of ether oxygens (including phenoxy) is 1. The van der Waals surface area contributed by atoms with Crippen LogP contribution in [0.4, 0.5) is 5.69 Å². The van der Waals surface area contributed by atoms with Gasteiger partial charge in [0.1, 0.15) is 13.3 Å². The van der Waals surface area contributed by atoms with Crippen LogP contribution in [0.1, 0.15) is 5.56 Å². The lowest BCUT2D eigenvalue weighted by atomic mass is 10.2. The zero-order chi connectivity index (χ0) is 9.97. The third-order valence-electron chi connectivity index (χ3n) is 2.18. The van der Waals surface area contributed by atoms with Crippen molar-refractivity contribution in [2.75, 3.05) is 19.1 Å². The number of carbonyl (C=O) groups excluding carboxylic acids is 1. The predicted octanol–water partition coefficient (Wildman–Crippen LogP) is 0.585. The van der Waals surface area contributed by atoms with Crippen molar-refractivity contribution in [3.8, 4) is 0 Å². The number of benzene rings is 1. The molecule has 1 heterocycles. The summed E-state index contributed by atoms with van der Waals surface area (Å²) in [6, 6.07) is 7.50. The van der Waals surface area contributed by atoms with Gasteiger partial charge in [0, 0.05) is 12.2 Å². The topological polar surface area (TPSA) is 55.6 Å². The molecule has 1 fully saturated rings. The Bertz CT molecular complexity index is 334. The van der Waals surface area contributed by atoms with Crippen molar-refractivity contribution in [3.05, 3.63) is 29.8 Å². The first-order chi connectivity index (χ1) is 6.75. The van der Waals surface area contributed by atoms with Crippen LogP contribution in [0.3, 0.4) is 0 Å². The molecular weight excluding hydrogens is 180 g/mol. The molecule has 0 radical (unpaired) electrons. The Labute approximate surface area is 82.3 Å². The van der Waals surface area contributed by atoms with Gasteiger partial charge in [-0.3, -0.25) is 4.79 Å². The molecule has 0 bridgehead atoms. The Morgan fingerprint density at radius 1 is 1.36 bits per heavy atom. The number of amides is 1. The van der Waals surface area contributed by atoms with Crippen LogP contribution in [0.2, 0.25) is 0 Å². The lowest BCUT2D eigenvalue weighted by Crippen LogP contribution is -2.24. The van der Waals surface area contributed by atoms with Gasteiger partial charge in [0.2, 0.25) is 0 Å². The molecule has 0 spiro atoms. The zero-order valence-corrected chi connectivity index (χ0v) is 7.77. The zero-order valence-electron chi connectivity index (χ0n) is 7.77. The molecule has 1 aromatic carbocycles. The van der Waals surface area contributed by atoms with Crippen LogP contribution >= 0.6 is 0 Å². The van der Waals surface area contributed by atoms with Gasteiger partial charge in [0.05, 0.1) is 0 Å². The molecule has 14 heavy (non-hydrogen) atoms. The minimum atomic E-state index is 0.0434. The van der Waals surface area contributed by atoms with Gasteiger partial charge in [-0.2, -0.15) is 0 Å². The smallest absolute Gasteiger partial charge is 0.250 e. The molecule has 0 aliphatic carbocycles. The molecule has 1 saturated heterocycles. The van der Waals surface area contributed by atoms with Crippen molar-refractivity contribution >= 4 is 11.6 Å². The normalized spacial score (nSPS) is 16.3. The van der Waals surface area contributed by atoms with Gasteiger partial charge in [-0.15, -0.1) is 0 Å². The number of anilines is 1. The van der Waals surface area contributed by atoms with Crippen molar-refractivity contribution in [3.63, 3.8) is 0 Å². The average Bonchev–Trinajstić information content (AvgIpc) is 2.56. The molecule has 0 unspecified atom stereocenters. The summed E-state index contributed by atoms with van der Waals surface area (Å²) in [5, 5.41) is 0. The average molecular weight is 192 g/mol. The van der Waals surface area contributed by atoms with Gasteiger partial charge >= 0.3 is 0 Å². The number of nitrogen functional groups attached to an aromatic ring is 1. The molecule has 0 saturated carbocycles. The van der Waals surface area contributed by atoms with E-state index in [2.05, 4.69) is 0 Å². The summed E-state index contributed by atoms with van der Waals surface area (Å²) in [6.07, 6.45) is 0. The van der Waals surface area contributed by atoms with E-state index in [0.29, 0.717) is 13.3 Å². The lowest BCUT2D eigenvalue weighted by Gasteiger charge is -2.13. The highest BCUT2D eigenvalue weighted by molar-refractivity contribution is 5.78. The standard InChI is InChI=1S/C10H12N2O2/c11-9-3-1-8(2-4-9)5-12-7-14-6-10(12)13/h1-4H,5-7,11H2. The minimum absolute atomic E-state index is 0.0434. The van der Waals surface area contributed by atoms with E-state index in [4.69, 9.17) is 10.5 Å². The van der Waals surface area contributed by atoms with E-state index in [1.165, 1.54) is 0 Å². The summed E-state index contributed by atoms with van der Waals surface area (Å²) in [6.45, 7) is 1.19. The Kier molecular flexibility index (Phi) is 2.37. The lowest BCUT2D eigenvalue weighted by molar-refractivity contribution is -0.127. The van der Waals surface area contributed by atoms with E-state index in [1.54, 1.807) is 4.90 Å². The summed E-state index contributed by atoms with van der Waals surface area (Å²) in [5.41, 5.74) is 7.36. The van der Waals surface area contributed by atoms with Crippen LogP contribution in [0.15, 0.2) is 24.3 Å². The maximum Gasteiger partial charge on any atom is 0.250 e. The number of carbonyl (C=O) groups is 1. The van der Waals surface area contributed by atoms with Crippen molar-refractivity contribution in [2.24, 2.45) is 0 Å². The fraction of sp³-hybridized carbons (Fsp3) is 0.300. The van der Waals surface area contributed by atoms with Crippen LogP contribution < -0.4 is 5.73 Å².